The van der Waals surface area contributed by atoms with Gasteiger partial charge in [0.05, 0.1) is 5.69 Å². The van der Waals surface area contributed by atoms with Crippen LogP contribution in [0, 0.1) is 6.92 Å². The van der Waals surface area contributed by atoms with E-state index < -0.39 is 11.9 Å². The van der Waals surface area contributed by atoms with E-state index in [2.05, 4.69) is 20.6 Å². The number of hydrogen-bond donors (Lipinski definition) is 3. The van der Waals surface area contributed by atoms with Gasteiger partial charge in [-0.3, -0.25) is 9.78 Å². The van der Waals surface area contributed by atoms with Crippen LogP contribution in [0.25, 0.3) is 0 Å². The number of aromatic nitrogens is 2. The summed E-state index contributed by atoms with van der Waals surface area (Å²) in [6.07, 6.45) is -3.98. The monoisotopic (exact) mass is 328 g/mol. The van der Waals surface area contributed by atoms with Gasteiger partial charge < -0.3 is 15.1 Å². The summed E-state index contributed by atoms with van der Waals surface area (Å²) in [5.41, 5.74) is 0.929. The molecule has 1 aliphatic rings. The quantitative estimate of drug-likeness (QED) is 0.802. The molecule has 124 valence electrons. The molecule has 2 aromatic rings. The number of H-pyrrole nitrogens is 1. The maximum atomic E-state index is 12.9. The first-order valence-corrected chi connectivity index (χ1v) is 7.08. The highest BCUT2D eigenvalue weighted by atomic mass is 19.4. The van der Waals surface area contributed by atoms with Crippen LogP contribution in [0.4, 0.5) is 19.1 Å². The molecule has 9 heteroatoms. The minimum Gasteiger partial charge on any atom is -0.456 e. The molecular weight excluding hydrogens is 313 g/mol. The Morgan fingerprint density at radius 1 is 1.43 bits per heavy atom. The van der Waals surface area contributed by atoms with Crippen LogP contribution in [0.3, 0.4) is 0 Å². The van der Waals surface area contributed by atoms with Crippen molar-refractivity contribution in [2.45, 2.75) is 32.6 Å². The summed E-state index contributed by atoms with van der Waals surface area (Å²) < 4.78 is 43.3. The van der Waals surface area contributed by atoms with Crippen LogP contribution in [0.2, 0.25) is 0 Å². The summed E-state index contributed by atoms with van der Waals surface area (Å²) >= 11 is 0. The van der Waals surface area contributed by atoms with Crippen molar-refractivity contribution in [3.05, 3.63) is 44.8 Å². The van der Waals surface area contributed by atoms with Crippen LogP contribution >= 0.6 is 0 Å². The Hall–Kier alpha value is -2.29. The molecule has 0 saturated heterocycles. The van der Waals surface area contributed by atoms with Crippen molar-refractivity contribution in [2.75, 3.05) is 11.9 Å². The number of aromatic amines is 1. The molecular formula is C14H15F3N4O2. The minimum atomic E-state index is -4.56. The summed E-state index contributed by atoms with van der Waals surface area (Å²) in [5, 5.41) is 5.82. The van der Waals surface area contributed by atoms with E-state index in [4.69, 9.17) is 4.42 Å². The van der Waals surface area contributed by atoms with Crippen molar-refractivity contribution in [1.29, 1.82) is 0 Å². The standard InChI is InChI=1S/C14H15F3N4O2/c1-7-4-8(11(23-7)14(15,16)17)5-19-13-20-10-6-18-3-2-9(10)12(22)21-13/h4,18H,2-3,5-6H2,1H3,(H2,19,20,21,22). The lowest BCUT2D eigenvalue weighted by Crippen LogP contribution is -2.31. The van der Waals surface area contributed by atoms with Gasteiger partial charge >= 0.3 is 6.18 Å². The fourth-order valence-corrected chi connectivity index (χ4v) is 2.57. The second-order valence-electron chi connectivity index (χ2n) is 5.33. The number of furan rings is 1. The third kappa shape index (κ3) is 3.24. The zero-order valence-corrected chi connectivity index (χ0v) is 12.3. The second-order valence-corrected chi connectivity index (χ2v) is 5.33. The molecule has 0 aliphatic carbocycles. The Kier molecular flexibility index (Phi) is 3.88. The van der Waals surface area contributed by atoms with Gasteiger partial charge in [-0.05, 0) is 26.0 Å². The molecule has 0 bridgehead atoms. The van der Waals surface area contributed by atoms with E-state index in [9.17, 15) is 18.0 Å². The molecule has 0 fully saturated rings. The van der Waals surface area contributed by atoms with Crippen molar-refractivity contribution in [2.24, 2.45) is 0 Å². The van der Waals surface area contributed by atoms with Gasteiger partial charge in [0.15, 0.2) is 0 Å². The highest BCUT2D eigenvalue weighted by Crippen LogP contribution is 2.34. The van der Waals surface area contributed by atoms with Crippen molar-refractivity contribution in [3.8, 4) is 0 Å². The number of nitrogens with zero attached hydrogens (tertiary/aromatic N) is 1. The Labute approximate surface area is 129 Å². The molecule has 0 unspecified atom stereocenters. The number of rotatable bonds is 3. The maximum absolute atomic E-state index is 12.9. The Bertz CT molecular complexity index is 779. The van der Waals surface area contributed by atoms with E-state index in [1.165, 1.54) is 13.0 Å². The number of anilines is 1. The molecule has 3 heterocycles. The number of halogens is 3. The van der Waals surface area contributed by atoms with Crippen LogP contribution in [0.1, 0.15) is 28.3 Å². The summed E-state index contributed by atoms with van der Waals surface area (Å²) in [6, 6.07) is 1.31. The average Bonchev–Trinajstić information content (AvgIpc) is 2.86. The lowest BCUT2D eigenvalue weighted by Gasteiger charge is -2.16. The summed E-state index contributed by atoms with van der Waals surface area (Å²) in [4.78, 5) is 18.8. The normalized spacial score (nSPS) is 14.6. The maximum Gasteiger partial charge on any atom is 0.449 e. The topological polar surface area (TPSA) is 83.0 Å². The Balaban J connectivity index is 1.82. The molecule has 0 radical (unpaired) electrons. The van der Waals surface area contributed by atoms with Gasteiger partial charge in [0.2, 0.25) is 11.7 Å². The van der Waals surface area contributed by atoms with Gasteiger partial charge in [0.25, 0.3) is 5.56 Å². The Morgan fingerprint density at radius 3 is 2.96 bits per heavy atom. The highest BCUT2D eigenvalue weighted by molar-refractivity contribution is 5.34. The largest absolute Gasteiger partial charge is 0.456 e. The molecule has 1 aliphatic heterocycles. The van der Waals surface area contributed by atoms with E-state index in [1.54, 1.807) is 0 Å². The van der Waals surface area contributed by atoms with Crippen LogP contribution < -0.4 is 16.2 Å². The molecule has 0 spiro atoms. The molecule has 3 N–H and O–H groups in total. The van der Waals surface area contributed by atoms with Crippen LogP contribution in [-0.2, 0) is 25.7 Å². The van der Waals surface area contributed by atoms with Crippen molar-refractivity contribution in [3.63, 3.8) is 0 Å². The predicted molar refractivity (Wildman–Crippen MR) is 76.0 cm³/mol. The molecule has 0 atom stereocenters. The highest BCUT2D eigenvalue weighted by Gasteiger charge is 2.37. The lowest BCUT2D eigenvalue weighted by atomic mass is 10.1. The zero-order chi connectivity index (χ0) is 16.6. The third-order valence-electron chi connectivity index (χ3n) is 3.58. The molecule has 23 heavy (non-hydrogen) atoms. The van der Waals surface area contributed by atoms with Gasteiger partial charge in [-0.2, -0.15) is 13.2 Å². The number of fused-ring (bicyclic) bond motifs is 1. The van der Waals surface area contributed by atoms with Gasteiger partial charge in [0, 0.05) is 24.2 Å². The molecule has 6 nitrogen and oxygen atoms in total. The lowest BCUT2D eigenvalue weighted by molar-refractivity contribution is -0.154. The van der Waals surface area contributed by atoms with Gasteiger partial charge in [-0.25, -0.2) is 4.98 Å². The number of hydrogen-bond acceptors (Lipinski definition) is 5. The van der Waals surface area contributed by atoms with Crippen LogP contribution in [-0.4, -0.2) is 16.5 Å². The fourth-order valence-electron chi connectivity index (χ4n) is 2.57. The number of alkyl halides is 3. The zero-order valence-electron chi connectivity index (χ0n) is 12.3. The number of aryl methyl sites for hydroxylation is 1. The number of nitrogens with one attached hydrogen (secondary N) is 3. The van der Waals surface area contributed by atoms with Crippen molar-refractivity contribution in [1.82, 2.24) is 15.3 Å². The van der Waals surface area contributed by atoms with Crippen LogP contribution in [0.15, 0.2) is 15.3 Å². The minimum absolute atomic E-state index is 0.0338. The SMILES string of the molecule is Cc1cc(CNc2nc3c(c(=O)[nH]2)CCNC3)c(C(F)(F)F)o1. The molecule has 0 saturated carbocycles. The first-order chi connectivity index (χ1) is 10.8. The van der Waals surface area contributed by atoms with E-state index in [0.717, 1.165) is 0 Å². The van der Waals surface area contributed by atoms with Gasteiger partial charge in [-0.1, -0.05) is 0 Å². The smallest absolute Gasteiger partial charge is 0.449 e. The average molecular weight is 328 g/mol. The summed E-state index contributed by atoms with van der Waals surface area (Å²) in [5.74, 6) is -0.723. The van der Waals surface area contributed by atoms with Gasteiger partial charge in [-0.15, -0.1) is 0 Å². The first-order valence-electron chi connectivity index (χ1n) is 7.08. The fraction of sp³-hybridized carbons (Fsp3) is 0.429. The van der Waals surface area contributed by atoms with Crippen LogP contribution in [0.5, 0.6) is 0 Å². The molecule has 3 rings (SSSR count). The summed E-state index contributed by atoms with van der Waals surface area (Å²) in [6.45, 7) is 2.46. The van der Waals surface area contributed by atoms with E-state index in [1.807, 2.05) is 0 Å². The Morgan fingerprint density at radius 2 is 2.22 bits per heavy atom. The molecule has 0 amide bonds. The van der Waals surface area contributed by atoms with E-state index in [0.29, 0.717) is 30.8 Å². The van der Waals surface area contributed by atoms with E-state index >= 15 is 0 Å². The molecule has 0 aromatic carbocycles. The van der Waals surface area contributed by atoms with Gasteiger partial charge in [0.1, 0.15) is 5.76 Å². The second kappa shape index (κ2) is 5.73. The predicted octanol–water partition coefficient (Wildman–Crippen LogP) is 1.95. The van der Waals surface area contributed by atoms with Crippen molar-refractivity contribution >= 4 is 5.95 Å². The summed E-state index contributed by atoms with van der Waals surface area (Å²) in [7, 11) is 0. The first kappa shape index (κ1) is 15.6. The van der Waals surface area contributed by atoms with Crippen molar-refractivity contribution < 1.29 is 17.6 Å². The van der Waals surface area contributed by atoms with E-state index in [-0.39, 0.29) is 29.4 Å². The third-order valence-corrected chi connectivity index (χ3v) is 3.58. The molecule has 2 aromatic heterocycles.